The Hall–Kier alpha value is -1.97. The molecule has 1 aromatic carbocycles. The third kappa shape index (κ3) is 7.77. The maximum Gasteiger partial charge on any atom is 0.407 e. The number of alkyl carbamates (subject to hydrolysis) is 1. The summed E-state index contributed by atoms with van der Waals surface area (Å²) in [7, 11) is 0. The predicted octanol–water partition coefficient (Wildman–Crippen LogP) is 5.41. The van der Waals surface area contributed by atoms with Crippen LogP contribution in [0.5, 0.6) is 0 Å². The van der Waals surface area contributed by atoms with Crippen molar-refractivity contribution in [3.63, 3.8) is 0 Å². The van der Waals surface area contributed by atoms with Gasteiger partial charge in [0.25, 0.3) is 0 Å². The lowest BCUT2D eigenvalue weighted by molar-refractivity contribution is -0.149. The van der Waals surface area contributed by atoms with Crippen LogP contribution in [0.1, 0.15) is 76.6 Å². The van der Waals surface area contributed by atoms with Crippen LogP contribution in [0.25, 0.3) is 0 Å². The van der Waals surface area contributed by atoms with Crippen LogP contribution in [0.3, 0.4) is 0 Å². The number of likely N-dealkylation sites (tertiary alicyclic amines) is 1. The molecule has 8 heteroatoms. The Morgan fingerprint density at radius 1 is 1.14 bits per heavy atom. The molecule has 4 rings (SSSR count). The normalized spacial score (nSPS) is 20.5. The van der Waals surface area contributed by atoms with Gasteiger partial charge in [0.2, 0.25) is 0 Å². The number of amides is 1. The largest absolute Gasteiger partial charge is 0.444 e. The molecule has 0 aliphatic carbocycles. The van der Waals surface area contributed by atoms with Crippen LogP contribution in [0.4, 0.5) is 4.79 Å². The number of carbonyl (C=O) groups excluding carboxylic acids is 1. The molecule has 7 nitrogen and oxygen atoms in total. The first kappa shape index (κ1) is 28.0. The molecule has 2 aliphatic rings. The zero-order valence-electron chi connectivity index (χ0n) is 22.9. The van der Waals surface area contributed by atoms with Crippen LogP contribution in [0.2, 0.25) is 0 Å². The Bertz CT molecular complexity index is 976. The van der Waals surface area contributed by atoms with Crippen LogP contribution >= 0.6 is 11.3 Å². The first-order valence-electron chi connectivity index (χ1n) is 13.5. The van der Waals surface area contributed by atoms with Gasteiger partial charge in [-0.1, -0.05) is 24.3 Å². The van der Waals surface area contributed by atoms with Gasteiger partial charge in [-0.2, -0.15) is 11.3 Å². The Kier molecular flexibility index (Phi) is 9.29. The second-order valence-electron chi connectivity index (χ2n) is 11.3. The molecule has 0 radical (unpaired) electrons. The number of hydrogen-bond acceptors (Lipinski definition) is 7. The maximum atomic E-state index is 11.9. The molecule has 1 unspecified atom stereocenters. The third-order valence-electron chi connectivity index (χ3n) is 7.27. The summed E-state index contributed by atoms with van der Waals surface area (Å²) in [5.74, 6) is -0.643. The lowest BCUT2D eigenvalue weighted by atomic mass is 9.95. The van der Waals surface area contributed by atoms with Crippen molar-refractivity contribution in [1.29, 1.82) is 0 Å². The molecule has 0 spiro atoms. The molecular weight excluding hydrogens is 486 g/mol. The van der Waals surface area contributed by atoms with E-state index in [2.05, 4.69) is 63.5 Å². The van der Waals surface area contributed by atoms with E-state index in [4.69, 9.17) is 14.2 Å². The monoisotopic (exact) mass is 529 g/mol. The average molecular weight is 530 g/mol. The molecule has 1 amide bonds. The molecule has 2 aliphatic heterocycles. The van der Waals surface area contributed by atoms with Gasteiger partial charge in [0, 0.05) is 24.2 Å². The van der Waals surface area contributed by atoms with Gasteiger partial charge in [-0.25, -0.2) is 4.79 Å². The molecule has 2 fully saturated rings. The van der Waals surface area contributed by atoms with Crippen LogP contribution in [-0.4, -0.2) is 61.5 Å². The van der Waals surface area contributed by atoms with Gasteiger partial charge in [-0.05, 0) is 94.9 Å². The molecular formula is C29H43N3O4S. The van der Waals surface area contributed by atoms with Gasteiger partial charge in [0.05, 0.1) is 19.3 Å². The minimum Gasteiger partial charge on any atom is -0.444 e. The minimum absolute atomic E-state index is 0.158. The van der Waals surface area contributed by atoms with Gasteiger partial charge in [-0.15, -0.1) is 0 Å². The Balaban J connectivity index is 1.29. The summed E-state index contributed by atoms with van der Waals surface area (Å²) in [5, 5.41) is 11.2. The van der Waals surface area contributed by atoms with Gasteiger partial charge in [0.1, 0.15) is 5.60 Å². The summed E-state index contributed by atoms with van der Waals surface area (Å²) in [5.41, 5.74) is 3.15. The maximum absolute atomic E-state index is 11.9. The van der Waals surface area contributed by atoms with Gasteiger partial charge >= 0.3 is 6.09 Å². The summed E-state index contributed by atoms with van der Waals surface area (Å²) < 4.78 is 17.0. The summed E-state index contributed by atoms with van der Waals surface area (Å²) >= 11 is 1.74. The summed E-state index contributed by atoms with van der Waals surface area (Å²) in [6.45, 7) is 13.9. The highest BCUT2D eigenvalue weighted by molar-refractivity contribution is 7.08. The number of nitrogens with zero attached hydrogens (tertiary/aromatic N) is 1. The van der Waals surface area contributed by atoms with Gasteiger partial charge in [-0.3, -0.25) is 0 Å². The Morgan fingerprint density at radius 2 is 1.81 bits per heavy atom. The number of thiophene rings is 1. The molecule has 0 bridgehead atoms. The number of rotatable bonds is 9. The molecule has 2 N–H and O–H groups in total. The van der Waals surface area contributed by atoms with Crippen LogP contribution < -0.4 is 10.6 Å². The van der Waals surface area contributed by atoms with E-state index in [0.717, 1.165) is 37.9 Å². The van der Waals surface area contributed by atoms with Crippen LogP contribution in [0.15, 0.2) is 41.1 Å². The highest BCUT2D eigenvalue weighted by Crippen LogP contribution is 2.33. The van der Waals surface area contributed by atoms with Crippen molar-refractivity contribution in [2.45, 2.75) is 83.4 Å². The average Bonchev–Trinajstić information content (AvgIpc) is 3.55. The van der Waals surface area contributed by atoms with E-state index in [1.165, 1.54) is 11.1 Å². The quantitative estimate of drug-likeness (QED) is 0.452. The fourth-order valence-corrected chi connectivity index (χ4v) is 5.79. The first-order valence-corrected chi connectivity index (χ1v) is 14.4. The molecule has 2 atom stereocenters. The minimum atomic E-state index is -0.643. The smallest absolute Gasteiger partial charge is 0.407 e. The number of benzene rings is 1. The zero-order chi connectivity index (χ0) is 26.5. The second-order valence-corrected chi connectivity index (χ2v) is 12.1. The van der Waals surface area contributed by atoms with E-state index in [9.17, 15) is 4.79 Å². The number of nitrogens with one attached hydrogen (secondary N) is 2. The highest BCUT2D eigenvalue weighted by atomic mass is 32.1. The van der Waals surface area contributed by atoms with E-state index < -0.39 is 11.4 Å². The SMILES string of the molecule is C[C@H](CCNC(=O)OC(C)(C)C)N1CCC(NC(c2ccc(C3(C)OCCO3)cc2)c2ccsc2)CC1. The van der Waals surface area contributed by atoms with Crippen molar-refractivity contribution < 1.29 is 19.0 Å². The van der Waals surface area contributed by atoms with Crippen molar-refractivity contribution in [3.05, 3.63) is 57.8 Å². The molecule has 3 heterocycles. The molecule has 37 heavy (non-hydrogen) atoms. The highest BCUT2D eigenvalue weighted by Gasteiger charge is 2.33. The lowest BCUT2D eigenvalue weighted by Crippen LogP contribution is -2.47. The number of carbonyl (C=O) groups is 1. The van der Waals surface area contributed by atoms with Crippen LogP contribution in [0, 0.1) is 0 Å². The lowest BCUT2D eigenvalue weighted by Gasteiger charge is -2.38. The molecule has 204 valence electrons. The Labute approximate surface area is 225 Å². The number of piperidine rings is 1. The molecule has 1 aromatic heterocycles. The fourth-order valence-electron chi connectivity index (χ4n) is 5.11. The number of hydrogen-bond donors (Lipinski definition) is 2. The van der Waals surface area contributed by atoms with E-state index in [-0.39, 0.29) is 12.1 Å². The summed E-state index contributed by atoms with van der Waals surface area (Å²) in [4.78, 5) is 14.4. The molecule has 0 saturated carbocycles. The summed E-state index contributed by atoms with van der Waals surface area (Å²) in [6.07, 6.45) is 2.77. The number of ether oxygens (including phenoxy) is 3. The Morgan fingerprint density at radius 3 is 2.41 bits per heavy atom. The van der Waals surface area contributed by atoms with Crippen molar-refractivity contribution in [3.8, 4) is 0 Å². The van der Waals surface area contributed by atoms with E-state index >= 15 is 0 Å². The third-order valence-corrected chi connectivity index (χ3v) is 7.97. The van der Waals surface area contributed by atoms with Crippen molar-refractivity contribution in [1.82, 2.24) is 15.5 Å². The molecule has 2 saturated heterocycles. The standard InChI is InChI=1S/C29H43N3O4S/c1-21(10-14-30-27(33)36-28(2,3)4)32-15-11-25(12-16-32)31-26(23-13-19-37-20-23)22-6-8-24(9-7-22)29(5)34-17-18-35-29/h6-9,13,19-21,25-26,31H,10-12,14-18H2,1-5H3,(H,30,33)/t21-,26?/m1/s1. The zero-order valence-corrected chi connectivity index (χ0v) is 23.7. The second kappa shape index (κ2) is 12.3. The first-order chi connectivity index (χ1) is 17.6. The van der Waals surface area contributed by atoms with Crippen LogP contribution in [-0.2, 0) is 20.0 Å². The van der Waals surface area contributed by atoms with Gasteiger partial charge < -0.3 is 29.7 Å². The van der Waals surface area contributed by atoms with Crippen molar-refractivity contribution in [2.24, 2.45) is 0 Å². The van der Waals surface area contributed by atoms with Gasteiger partial charge in [0.15, 0.2) is 5.79 Å². The topological polar surface area (TPSA) is 72.1 Å². The van der Waals surface area contributed by atoms with E-state index in [1.54, 1.807) is 11.3 Å². The van der Waals surface area contributed by atoms with Crippen molar-refractivity contribution in [2.75, 3.05) is 32.8 Å². The molecule has 2 aromatic rings. The fraction of sp³-hybridized carbons (Fsp3) is 0.621. The van der Waals surface area contributed by atoms with E-state index in [0.29, 0.717) is 31.8 Å². The van der Waals surface area contributed by atoms with E-state index in [1.807, 2.05) is 27.7 Å². The summed E-state index contributed by atoms with van der Waals surface area (Å²) in [6, 6.07) is 11.9. The predicted molar refractivity (Wildman–Crippen MR) is 148 cm³/mol. The van der Waals surface area contributed by atoms with Crippen molar-refractivity contribution >= 4 is 17.4 Å².